The van der Waals surface area contributed by atoms with Crippen molar-refractivity contribution in [3.05, 3.63) is 24.3 Å². The fraction of sp³-hybridized carbons (Fsp3) is 0.571. The van der Waals surface area contributed by atoms with Crippen LogP contribution in [-0.4, -0.2) is 26.2 Å². The van der Waals surface area contributed by atoms with E-state index in [0.717, 1.165) is 24.3 Å². The van der Waals surface area contributed by atoms with Gasteiger partial charge in [-0.1, -0.05) is 12.1 Å². The molecule has 0 saturated heterocycles. The van der Waals surface area contributed by atoms with Crippen LogP contribution in [-0.2, 0) is 0 Å². The van der Waals surface area contributed by atoms with Gasteiger partial charge in [0.2, 0.25) is 0 Å². The van der Waals surface area contributed by atoms with Crippen molar-refractivity contribution in [3.8, 4) is 5.75 Å². The molecule has 0 bridgehead atoms. The molecule has 1 aromatic rings. The molecule has 0 heterocycles. The predicted octanol–water partition coefficient (Wildman–Crippen LogP) is 2.40. The summed E-state index contributed by atoms with van der Waals surface area (Å²) in [6, 6.07) is 9.06. The summed E-state index contributed by atoms with van der Waals surface area (Å²) in [5.41, 5.74) is 7.21. The molecule has 0 aliphatic heterocycles. The molecule has 1 fully saturated rings. The standard InChI is InChI=1S/C14H22N2O/c1-16(12-7-5-6-11(15)10-12)13-8-3-4-9-14(13)17-2/h3-4,8-9,11-12H,5-7,10,15H2,1-2H3. The molecule has 1 aliphatic carbocycles. The maximum atomic E-state index is 6.05. The Morgan fingerprint density at radius 1 is 1.29 bits per heavy atom. The van der Waals surface area contributed by atoms with Crippen LogP contribution in [0.1, 0.15) is 25.7 Å². The van der Waals surface area contributed by atoms with Crippen LogP contribution in [0.25, 0.3) is 0 Å². The zero-order valence-electron chi connectivity index (χ0n) is 10.7. The molecule has 2 rings (SSSR count). The average molecular weight is 234 g/mol. The number of benzene rings is 1. The summed E-state index contributed by atoms with van der Waals surface area (Å²) in [6.45, 7) is 0. The lowest BCUT2D eigenvalue weighted by molar-refractivity contribution is 0.375. The first-order valence-corrected chi connectivity index (χ1v) is 6.34. The van der Waals surface area contributed by atoms with Crippen molar-refractivity contribution in [3.63, 3.8) is 0 Å². The Balaban J connectivity index is 2.15. The highest BCUT2D eigenvalue weighted by atomic mass is 16.5. The van der Waals surface area contributed by atoms with Crippen molar-refractivity contribution >= 4 is 5.69 Å². The highest BCUT2D eigenvalue weighted by Crippen LogP contribution is 2.31. The van der Waals surface area contributed by atoms with Gasteiger partial charge in [-0.15, -0.1) is 0 Å². The van der Waals surface area contributed by atoms with Crippen LogP contribution in [0, 0.1) is 0 Å². The molecule has 1 aromatic carbocycles. The Hall–Kier alpha value is -1.22. The van der Waals surface area contributed by atoms with Gasteiger partial charge >= 0.3 is 0 Å². The van der Waals surface area contributed by atoms with Crippen LogP contribution >= 0.6 is 0 Å². The molecular formula is C14H22N2O. The van der Waals surface area contributed by atoms with Crippen molar-refractivity contribution in [2.75, 3.05) is 19.1 Å². The number of ether oxygens (including phenoxy) is 1. The first kappa shape index (κ1) is 12.2. The second kappa shape index (κ2) is 5.41. The molecule has 17 heavy (non-hydrogen) atoms. The quantitative estimate of drug-likeness (QED) is 0.872. The first-order valence-electron chi connectivity index (χ1n) is 6.34. The summed E-state index contributed by atoms with van der Waals surface area (Å²) in [7, 11) is 3.86. The van der Waals surface area contributed by atoms with Crippen LogP contribution in [0.2, 0.25) is 0 Å². The summed E-state index contributed by atoms with van der Waals surface area (Å²) in [5, 5.41) is 0. The summed E-state index contributed by atoms with van der Waals surface area (Å²) in [6.07, 6.45) is 4.69. The van der Waals surface area contributed by atoms with Gasteiger partial charge in [-0.3, -0.25) is 0 Å². The monoisotopic (exact) mass is 234 g/mol. The van der Waals surface area contributed by atoms with E-state index < -0.39 is 0 Å². The molecule has 0 spiro atoms. The second-order valence-corrected chi connectivity index (χ2v) is 4.86. The number of methoxy groups -OCH3 is 1. The normalized spacial score (nSPS) is 24.4. The molecule has 1 saturated carbocycles. The number of nitrogens with two attached hydrogens (primary N) is 1. The van der Waals surface area contributed by atoms with Crippen molar-refractivity contribution in [2.45, 2.75) is 37.8 Å². The minimum Gasteiger partial charge on any atom is -0.495 e. The largest absolute Gasteiger partial charge is 0.495 e. The average Bonchev–Trinajstić information content (AvgIpc) is 2.38. The van der Waals surface area contributed by atoms with Crippen LogP contribution in [0.15, 0.2) is 24.3 Å². The van der Waals surface area contributed by atoms with E-state index in [1.54, 1.807) is 7.11 Å². The molecule has 2 unspecified atom stereocenters. The van der Waals surface area contributed by atoms with E-state index >= 15 is 0 Å². The van der Waals surface area contributed by atoms with Gasteiger partial charge in [0.05, 0.1) is 12.8 Å². The fourth-order valence-corrected chi connectivity index (χ4v) is 2.67. The third-order valence-corrected chi connectivity index (χ3v) is 3.70. The first-order chi connectivity index (χ1) is 8.22. The van der Waals surface area contributed by atoms with E-state index in [4.69, 9.17) is 10.5 Å². The molecule has 94 valence electrons. The molecule has 2 N–H and O–H groups in total. The minimum atomic E-state index is 0.353. The lowest BCUT2D eigenvalue weighted by atomic mass is 9.90. The molecule has 1 aliphatic rings. The lowest BCUT2D eigenvalue weighted by Gasteiger charge is -2.36. The van der Waals surface area contributed by atoms with Gasteiger partial charge in [-0.2, -0.15) is 0 Å². The molecule has 2 atom stereocenters. The summed E-state index contributed by atoms with van der Waals surface area (Å²) in [4.78, 5) is 2.32. The highest BCUT2D eigenvalue weighted by Gasteiger charge is 2.24. The van der Waals surface area contributed by atoms with Gasteiger partial charge in [0.25, 0.3) is 0 Å². The topological polar surface area (TPSA) is 38.5 Å². The predicted molar refractivity (Wildman–Crippen MR) is 71.6 cm³/mol. The lowest BCUT2D eigenvalue weighted by Crippen LogP contribution is -2.40. The molecule has 3 nitrogen and oxygen atoms in total. The number of nitrogens with zero attached hydrogens (tertiary/aromatic N) is 1. The van der Waals surface area contributed by atoms with Gasteiger partial charge in [-0.25, -0.2) is 0 Å². The van der Waals surface area contributed by atoms with Crippen LogP contribution in [0.4, 0.5) is 5.69 Å². The zero-order chi connectivity index (χ0) is 12.3. The summed E-state index contributed by atoms with van der Waals surface area (Å²) < 4.78 is 5.41. The SMILES string of the molecule is COc1ccccc1N(C)C1CCCC(N)C1. The third-order valence-electron chi connectivity index (χ3n) is 3.70. The number of anilines is 1. The van der Waals surface area contributed by atoms with Crippen LogP contribution < -0.4 is 15.4 Å². The number of hydrogen-bond donors (Lipinski definition) is 1. The fourth-order valence-electron chi connectivity index (χ4n) is 2.67. The van der Waals surface area contributed by atoms with E-state index in [-0.39, 0.29) is 0 Å². The molecule has 0 amide bonds. The Morgan fingerprint density at radius 2 is 2.06 bits per heavy atom. The van der Waals surface area contributed by atoms with Crippen molar-refractivity contribution < 1.29 is 4.74 Å². The Bertz CT molecular complexity index is 367. The molecule has 0 aromatic heterocycles. The minimum absolute atomic E-state index is 0.353. The van der Waals surface area contributed by atoms with Crippen molar-refractivity contribution in [2.24, 2.45) is 5.73 Å². The van der Waals surface area contributed by atoms with Crippen molar-refractivity contribution in [1.29, 1.82) is 0 Å². The third kappa shape index (κ3) is 2.72. The van der Waals surface area contributed by atoms with Gasteiger partial charge < -0.3 is 15.4 Å². The van der Waals surface area contributed by atoms with E-state index in [9.17, 15) is 0 Å². The second-order valence-electron chi connectivity index (χ2n) is 4.86. The zero-order valence-corrected chi connectivity index (χ0v) is 10.7. The molecular weight excluding hydrogens is 212 g/mol. The number of rotatable bonds is 3. The van der Waals surface area contributed by atoms with Crippen LogP contribution in [0.5, 0.6) is 5.75 Å². The number of para-hydroxylation sites is 2. The van der Waals surface area contributed by atoms with Crippen molar-refractivity contribution in [1.82, 2.24) is 0 Å². The highest BCUT2D eigenvalue weighted by molar-refractivity contribution is 5.58. The van der Waals surface area contributed by atoms with E-state index in [2.05, 4.69) is 24.1 Å². The van der Waals surface area contributed by atoms with E-state index in [0.29, 0.717) is 12.1 Å². The van der Waals surface area contributed by atoms with Gasteiger partial charge in [0.15, 0.2) is 0 Å². The maximum absolute atomic E-state index is 6.05. The Morgan fingerprint density at radius 3 is 2.76 bits per heavy atom. The molecule has 0 radical (unpaired) electrons. The summed E-state index contributed by atoms with van der Waals surface area (Å²) >= 11 is 0. The van der Waals surface area contributed by atoms with E-state index in [1.165, 1.54) is 12.8 Å². The maximum Gasteiger partial charge on any atom is 0.142 e. The Kier molecular flexibility index (Phi) is 3.89. The smallest absolute Gasteiger partial charge is 0.142 e. The number of hydrogen-bond acceptors (Lipinski definition) is 3. The van der Waals surface area contributed by atoms with Gasteiger partial charge in [0, 0.05) is 19.1 Å². The molecule has 3 heteroatoms. The van der Waals surface area contributed by atoms with Crippen LogP contribution in [0.3, 0.4) is 0 Å². The van der Waals surface area contributed by atoms with Gasteiger partial charge in [-0.05, 0) is 37.8 Å². The Labute approximate surface area is 104 Å². The van der Waals surface area contributed by atoms with Gasteiger partial charge in [0.1, 0.15) is 5.75 Å². The summed E-state index contributed by atoms with van der Waals surface area (Å²) in [5.74, 6) is 0.939. The van der Waals surface area contributed by atoms with E-state index in [1.807, 2.05) is 12.1 Å².